The second-order valence-electron chi connectivity index (χ2n) is 3.38. The molecule has 0 saturated carbocycles. The molecule has 0 aliphatic carbocycles. The molecule has 1 heterocycles. The predicted octanol–water partition coefficient (Wildman–Crippen LogP) is 2.90. The minimum atomic E-state index is -2.66. The smallest absolute Gasteiger partial charge is 0.276 e. The molecule has 1 aromatic rings. The Labute approximate surface area is 75.8 Å². The van der Waals surface area contributed by atoms with Gasteiger partial charge in [0, 0.05) is 24.2 Å². The molecule has 1 aliphatic heterocycles. The van der Waals surface area contributed by atoms with E-state index in [1.807, 2.05) is 13.0 Å². The monoisotopic (exact) mass is 183 g/mol. The summed E-state index contributed by atoms with van der Waals surface area (Å²) in [5.74, 6) is -2.66. The highest BCUT2D eigenvalue weighted by atomic mass is 19.3. The fraction of sp³-hybridized carbons (Fsp3) is 0.400. The van der Waals surface area contributed by atoms with Gasteiger partial charge in [0.1, 0.15) is 0 Å². The Morgan fingerprint density at radius 2 is 2.15 bits per heavy atom. The number of hydrogen-bond acceptors (Lipinski definition) is 1. The third-order valence-corrected chi connectivity index (χ3v) is 2.41. The number of hydrogen-bond donors (Lipinski definition) is 1. The van der Waals surface area contributed by atoms with Crippen LogP contribution in [0, 0.1) is 6.92 Å². The van der Waals surface area contributed by atoms with Crippen LogP contribution in [0.15, 0.2) is 18.2 Å². The van der Waals surface area contributed by atoms with E-state index in [1.165, 1.54) is 6.07 Å². The molecule has 13 heavy (non-hydrogen) atoms. The Morgan fingerprint density at radius 3 is 2.85 bits per heavy atom. The Hall–Kier alpha value is -1.12. The topological polar surface area (TPSA) is 12.0 Å². The van der Waals surface area contributed by atoms with Crippen LogP contribution >= 0.6 is 0 Å². The molecule has 0 spiro atoms. The van der Waals surface area contributed by atoms with Gasteiger partial charge in [-0.25, -0.2) is 8.78 Å². The van der Waals surface area contributed by atoms with Crippen molar-refractivity contribution in [3.63, 3.8) is 0 Å². The number of para-hydroxylation sites is 1. The zero-order chi connectivity index (χ0) is 9.47. The maximum Gasteiger partial charge on any atom is 0.276 e. The average molecular weight is 183 g/mol. The van der Waals surface area contributed by atoms with E-state index in [0.717, 1.165) is 5.56 Å². The van der Waals surface area contributed by atoms with Crippen molar-refractivity contribution in [2.24, 2.45) is 0 Å². The second-order valence-corrected chi connectivity index (χ2v) is 3.38. The van der Waals surface area contributed by atoms with Crippen molar-refractivity contribution in [2.45, 2.75) is 19.3 Å². The molecular weight excluding hydrogens is 172 g/mol. The summed E-state index contributed by atoms with van der Waals surface area (Å²) in [5, 5.41) is 3.01. The summed E-state index contributed by atoms with van der Waals surface area (Å²) in [5.41, 5.74) is 1.63. The van der Waals surface area contributed by atoms with Crippen molar-refractivity contribution in [3.05, 3.63) is 29.3 Å². The molecule has 0 atom stereocenters. The average Bonchev–Trinajstić information content (AvgIpc) is 2.06. The number of nitrogens with one attached hydrogen (secondary N) is 1. The van der Waals surface area contributed by atoms with Gasteiger partial charge in [-0.2, -0.15) is 0 Å². The summed E-state index contributed by atoms with van der Waals surface area (Å²) in [6, 6.07) is 5.01. The highest BCUT2D eigenvalue weighted by Crippen LogP contribution is 2.40. The third-order valence-electron chi connectivity index (χ3n) is 2.41. The Balaban J connectivity index is 2.58. The molecule has 1 N–H and O–H groups in total. The van der Waals surface area contributed by atoms with Crippen LogP contribution in [0.3, 0.4) is 0 Å². The number of halogens is 2. The SMILES string of the molecule is Cc1cccc2c1NCCC2(F)F. The number of fused-ring (bicyclic) bond motifs is 1. The lowest BCUT2D eigenvalue weighted by Crippen LogP contribution is -2.26. The number of benzene rings is 1. The molecule has 1 aromatic carbocycles. The molecule has 0 radical (unpaired) electrons. The molecule has 0 amide bonds. The first-order valence-corrected chi connectivity index (χ1v) is 4.33. The van der Waals surface area contributed by atoms with E-state index < -0.39 is 5.92 Å². The Bertz CT molecular complexity index is 334. The number of alkyl halides is 2. The zero-order valence-electron chi connectivity index (χ0n) is 7.40. The van der Waals surface area contributed by atoms with Gasteiger partial charge < -0.3 is 5.32 Å². The first-order chi connectivity index (χ1) is 6.11. The first-order valence-electron chi connectivity index (χ1n) is 4.33. The fourth-order valence-electron chi connectivity index (χ4n) is 1.69. The van der Waals surface area contributed by atoms with Crippen LogP contribution in [-0.4, -0.2) is 6.54 Å². The van der Waals surface area contributed by atoms with Crippen LogP contribution < -0.4 is 5.32 Å². The van der Waals surface area contributed by atoms with Gasteiger partial charge in [0.05, 0.1) is 0 Å². The van der Waals surface area contributed by atoms with E-state index in [4.69, 9.17) is 0 Å². The number of anilines is 1. The highest BCUT2D eigenvalue weighted by Gasteiger charge is 2.36. The summed E-state index contributed by atoms with van der Waals surface area (Å²) < 4.78 is 26.7. The lowest BCUT2D eigenvalue weighted by atomic mass is 9.97. The minimum absolute atomic E-state index is 0.108. The van der Waals surface area contributed by atoms with Gasteiger partial charge in [-0.15, -0.1) is 0 Å². The maximum atomic E-state index is 13.3. The van der Waals surface area contributed by atoms with Gasteiger partial charge >= 0.3 is 0 Å². The lowest BCUT2D eigenvalue weighted by molar-refractivity contribution is -0.0123. The van der Waals surface area contributed by atoms with E-state index in [-0.39, 0.29) is 12.0 Å². The van der Waals surface area contributed by atoms with Gasteiger partial charge in [-0.05, 0) is 12.5 Å². The third kappa shape index (κ3) is 1.28. The normalized spacial score (nSPS) is 19.0. The summed E-state index contributed by atoms with van der Waals surface area (Å²) in [6.07, 6.45) is -0.108. The molecule has 3 heteroatoms. The van der Waals surface area contributed by atoms with Crippen LogP contribution in [0.4, 0.5) is 14.5 Å². The van der Waals surface area contributed by atoms with Gasteiger partial charge in [0.25, 0.3) is 5.92 Å². The van der Waals surface area contributed by atoms with Gasteiger partial charge in [0.15, 0.2) is 0 Å². The minimum Gasteiger partial charge on any atom is -0.384 e. The summed E-state index contributed by atoms with van der Waals surface area (Å²) in [6.45, 7) is 2.19. The van der Waals surface area contributed by atoms with Crippen molar-refractivity contribution in [2.75, 3.05) is 11.9 Å². The van der Waals surface area contributed by atoms with Crippen LogP contribution in [0.1, 0.15) is 17.5 Å². The standard InChI is InChI=1S/C10H11F2N/c1-7-3-2-4-8-9(7)13-6-5-10(8,11)12/h2-4,13H,5-6H2,1H3. The molecule has 0 bridgehead atoms. The number of aryl methyl sites for hydroxylation is 1. The molecule has 0 fully saturated rings. The van der Waals surface area contributed by atoms with Crippen LogP contribution in [0.25, 0.3) is 0 Å². The summed E-state index contributed by atoms with van der Waals surface area (Å²) in [7, 11) is 0. The molecule has 2 rings (SSSR count). The van der Waals surface area contributed by atoms with E-state index in [2.05, 4.69) is 5.32 Å². The first kappa shape index (κ1) is 8.48. The van der Waals surface area contributed by atoms with Gasteiger partial charge in [-0.1, -0.05) is 18.2 Å². The molecule has 0 unspecified atom stereocenters. The molecule has 70 valence electrons. The van der Waals surface area contributed by atoms with Crippen LogP contribution in [0.5, 0.6) is 0 Å². The molecule has 0 aromatic heterocycles. The molecule has 1 aliphatic rings. The van der Waals surface area contributed by atoms with Crippen molar-refractivity contribution >= 4 is 5.69 Å². The summed E-state index contributed by atoms with van der Waals surface area (Å²) in [4.78, 5) is 0. The Morgan fingerprint density at radius 1 is 1.38 bits per heavy atom. The second kappa shape index (κ2) is 2.69. The van der Waals surface area contributed by atoms with Crippen LogP contribution in [-0.2, 0) is 5.92 Å². The van der Waals surface area contributed by atoms with Gasteiger partial charge in [-0.3, -0.25) is 0 Å². The maximum absolute atomic E-state index is 13.3. The van der Waals surface area contributed by atoms with Gasteiger partial charge in [0.2, 0.25) is 0 Å². The van der Waals surface area contributed by atoms with E-state index in [1.54, 1.807) is 6.07 Å². The Kier molecular flexibility index (Phi) is 1.75. The number of rotatable bonds is 0. The lowest BCUT2D eigenvalue weighted by Gasteiger charge is -2.27. The molecular formula is C10H11F2N. The quantitative estimate of drug-likeness (QED) is 0.652. The summed E-state index contributed by atoms with van der Waals surface area (Å²) >= 11 is 0. The van der Waals surface area contributed by atoms with Crippen LogP contribution in [0.2, 0.25) is 0 Å². The van der Waals surface area contributed by atoms with Crippen molar-refractivity contribution in [1.82, 2.24) is 0 Å². The molecule has 0 saturated heterocycles. The fourth-order valence-corrected chi connectivity index (χ4v) is 1.69. The van der Waals surface area contributed by atoms with Crippen molar-refractivity contribution in [1.29, 1.82) is 0 Å². The van der Waals surface area contributed by atoms with Crippen molar-refractivity contribution in [3.8, 4) is 0 Å². The predicted molar refractivity (Wildman–Crippen MR) is 48.2 cm³/mol. The largest absolute Gasteiger partial charge is 0.384 e. The van der Waals surface area contributed by atoms with E-state index >= 15 is 0 Å². The molecule has 1 nitrogen and oxygen atoms in total. The van der Waals surface area contributed by atoms with Crippen molar-refractivity contribution < 1.29 is 8.78 Å². The van der Waals surface area contributed by atoms with E-state index in [0.29, 0.717) is 12.2 Å². The highest BCUT2D eigenvalue weighted by molar-refractivity contribution is 5.60. The van der Waals surface area contributed by atoms with E-state index in [9.17, 15) is 8.78 Å². The zero-order valence-corrected chi connectivity index (χ0v) is 7.40.